The van der Waals surface area contributed by atoms with Gasteiger partial charge in [-0.15, -0.1) is 0 Å². The Balaban J connectivity index is 1.63. The first-order chi connectivity index (χ1) is 8.24. The fourth-order valence-corrected chi connectivity index (χ4v) is 2.56. The van der Waals surface area contributed by atoms with Crippen molar-refractivity contribution in [2.75, 3.05) is 26.2 Å². The Morgan fingerprint density at radius 3 is 3.06 bits per heavy atom. The highest BCUT2D eigenvalue weighted by molar-refractivity contribution is 14.1. The Labute approximate surface area is 116 Å². The number of ether oxygens (including phenoxy) is 1. The number of hydrogen-bond acceptors (Lipinski definition) is 3. The first kappa shape index (κ1) is 13.1. The van der Waals surface area contributed by atoms with Gasteiger partial charge in [-0.3, -0.25) is 0 Å². The van der Waals surface area contributed by atoms with Crippen LogP contribution in [0.4, 0.5) is 0 Å². The van der Waals surface area contributed by atoms with Crippen molar-refractivity contribution in [3.8, 4) is 5.75 Å². The van der Waals surface area contributed by atoms with Crippen LogP contribution in [0.2, 0.25) is 0 Å². The van der Waals surface area contributed by atoms with Gasteiger partial charge in [0.1, 0.15) is 5.75 Å². The molecule has 1 heterocycles. The van der Waals surface area contributed by atoms with Crippen molar-refractivity contribution < 1.29 is 9.84 Å². The topological polar surface area (TPSA) is 32.7 Å². The minimum absolute atomic E-state index is 0.119. The van der Waals surface area contributed by atoms with Crippen molar-refractivity contribution in [2.45, 2.75) is 18.9 Å². The summed E-state index contributed by atoms with van der Waals surface area (Å²) in [6.45, 7) is 3.60. The number of halogens is 1. The third-order valence-electron chi connectivity index (χ3n) is 2.93. The van der Waals surface area contributed by atoms with E-state index in [-0.39, 0.29) is 6.10 Å². The second-order valence-electron chi connectivity index (χ2n) is 4.40. The molecule has 2 rings (SSSR count). The molecule has 0 saturated carbocycles. The van der Waals surface area contributed by atoms with Gasteiger partial charge in [0.05, 0.1) is 12.7 Å². The molecule has 0 aliphatic carbocycles. The summed E-state index contributed by atoms with van der Waals surface area (Å²) < 4.78 is 6.88. The fraction of sp³-hybridized carbons (Fsp3) is 0.538. The largest absolute Gasteiger partial charge is 0.494 e. The van der Waals surface area contributed by atoms with Gasteiger partial charge in [-0.1, -0.05) is 6.07 Å². The molecular weight excluding hydrogens is 329 g/mol. The van der Waals surface area contributed by atoms with Crippen LogP contribution >= 0.6 is 22.6 Å². The maximum atomic E-state index is 9.39. The lowest BCUT2D eigenvalue weighted by Gasteiger charge is -2.14. The van der Waals surface area contributed by atoms with Gasteiger partial charge in [-0.05, 0) is 53.6 Å². The molecule has 1 atom stereocenters. The van der Waals surface area contributed by atoms with E-state index >= 15 is 0 Å². The summed E-state index contributed by atoms with van der Waals surface area (Å²) in [7, 11) is 0. The Morgan fingerprint density at radius 1 is 1.47 bits per heavy atom. The molecule has 0 amide bonds. The van der Waals surface area contributed by atoms with Crippen LogP contribution in [0.15, 0.2) is 24.3 Å². The quantitative estimate of drug-likeness (QED) is 0.654. The van der Waals surface area contributed by atoms with Crippen molar-refractivity contribution in [3.05, 3.63) is 27.8 Å². The normalized spacial score (nSPS) is 20.7. The number of rotatable bonds is 5. The van der Waals surface area contributed by atoms with Gasteiger partial charge >= 0.3 is 0 Å². The molecule has 1 N–H and O–H groups in total. The molecular formula is C13H18INO2. The van der Waals surface area contributed by atoms with E-state index in [0.29, 0.717) is 0 Å². The lowest BCUT2D eigenvalue weighted by molar-refractivity contribution is 0.173. The number of benzene rings is 1. The monoisotopic (exact) mass is 347 g/mol. The molecule has 4 heteroatoms. The van der Waals surface area contributed by atoms with Crippen molar-refractivity contribution in [2.24, 2.45) is 0 Å². The van der Waals surface area contributed by atoms with Crippen molar-refractivity contribution in [3.63, 3.8) is 0 Å². The average Bonchev–Trinajstić information content (AvgIpc) is 2.71. The predicted molar refractivity (Wildman–Crippen MR) is 76.3 cm³/mol. The van der Waals surface area contributed by atoms with Gasteiger partial charge in [0.2, 0.25) is 0 Å². The first-order valence-corrected chi connectivity index (χ1v) is 7.11. The molecule has 94 valence electrons. The van der Waals surface area contributed by atoms with Crippen LogP contribution in [0.5, 0.6) is 5.75 Å². The molecule has 1 aromatic carbocycles. The number of aliphatic hydroxyl groups is 1. The van der Waals surface area contributed by atoms with Crippen molar-refractivity contribution >= 4 is 22.6 Å². The predicted octanol–water partition coefficient (Wildman–Crippen LogP) is 2.13. The van der Waals surface area contributed by atoms with Gasteiger partial charge in [-0.25, -0.2) is 0 Å². The van der Waals surface area contributed by atoms with E-state index in [1.54, 1.807) is 0 Å². The summed E-state index contributed by atoms with van der Waals surface area (Å²) in [5.41, 5.74) is 0. The average molecular weight is 347 g/mol. The molecule has 1 fully saturated rings. The van der Waals surface area contributed by atoms with E-state index in [2.05, 4.69) is 33.6 Å². The fourth-order valence-electron chi connectivity index (χ4n) is 2.05. The van der Waals surface area contributed by atoms with E-state index in [4.69, 9.17) is 4.74 Å². The lowest BCUT2D eigenvalue weighted by atomic mass is 10.3. The van der Waals surface area contributed by atoms with E-state index in [9.17, 15) is 5.11 Å². The van der Waals surface area contributed by atoms with E-state index < -0.39 is 0 Å². The number of likely N-dealkylation sites (tertiary alicyclic amines) is 1. The first-order valence-electron chi connectivity index (χ1n) is 6.03. The minimum Gasteiger partial charge on any atom is -0.494 e. The van der Waals surface area contributed by atoms with Crippen LogP contribution in [0.1, 0.15) is 12.8 Å². The Morgan fingerprint density at radius 2 is 2.35 bits per heavy atom. The molecule has 3 nitrogen and oxygen atoms in total. The van der Waals surface area contributed by atoms with Crippen LogP contribution in [-0.4, -0.2) is 42.4 Å². The molecule has 0 aromatic heterocycles. The highest BCUT2D eigenvalue weighted by Gasteiger charge is 2.18. The number of nitrogens with zero attached hydrogens (tertiary/aromatic N) is 1. The van der Waals surface area contributed by atoms with Gasteiger partial charge in [0.15, 0.2) is 0 Å². The van der Waals surface area contributed by atoms with E-state index in [1.165, 1.54) is 3.57 Å². The van der Waals surface area contributed by atoms with Gasteiger partial charge in [-0.2, -0.15) is 0 Å². The maximum Gasteiger partial charge on any atom is 0.120 e. The third-order valence-corrected chi connectivity index (χ3v) is 3.60. The van der Waals surface area contributed by atoms with Crippen LogP contribution < -0.4 is 4.74 Å². The second-order valence-corrected chi connectivity index (χ2v) is 5.65. The molecule has 1 aromatic rings. The van der Waals surface area contributed by atoms with Crippen LogP contribution in [0.3, 0.4) is 0 Å². The molecule has 1 saturated heterocycles. The molecule has 1 aliphatic rings. The number of β-amino-alcohol motifs (C(OH)–C–C–N with tert-alkyl or cyclic N) is 1. The van der Waals surface area contributed by atoms with Gasteiger partial charge < -0.3 is 14.7 Å². The zero-order valence-electron chi connectivity index (χ0n) is 9.81. The highest BCUT2D eigenvalue weighted by Crippen LogP contribution is 2.15. The molecule has 0 spiro atoms. The second kappa shape index (κ2) is 6.56. The Kier molecular flexibility index (Phi) is 5.06. The zero-order chi connectivity index (χ0) is 12.1. The smallest absolute Gasteiger partial charge is 0.120 e. The summed E-state index contributed by atoms with van der Waals surface area (Å²) in [6.07, 6.45) is 1.81. The number of hydrogen-bond donors (Lipinski definition) is 1. The van der Waals surface area contributed by atoms with Gasteiger partial charge in [0.25, 0.3) is 0 Å². The molecule has 17 heavy (non-hydrogen) atoms. The summed E-state index contributed by atoms with van der Waals surface area (Å²) in [4.78, 5) is 2.29. The van der Waals surface area contributed by atoms with Crippen molar-refractivity contribution in [1.82, 2.24) is 4.90 Å². The summed E-state index contributed by atoms with van der Waals surface area (Å²) >= 11 is 2.28. The van der Waals surface area contributed by atoms with Crippen molar-refractivity contribution in [1.29, 1.82) is 0 Å². The molecule has 0 bridgehead atoms. The summed E-state index contributed by atoms with van der Waals surface area (Å²) in [5.74, 6) is 0.943. The van der Waals surface area contributed by atoms with E-state index in [0.717, 1.165) is 44.8 Å². The molecule has 0 unspecified atom stereocenters. The molecule has 0 radical (unpaired) electrons. The zero-order valence-corrected chi connectivity index (χ0v) is 12.0. The standard InChI is InChI=1S/C13H18INO2/c14-11-3-1-4-13(9-11)17-8-2-6-15-7-5-12(16)10-15/h1,3-4,9,12,16H,2,5-8,10H2/t12-/m1/s1. The van der Waals surface area contributed by atoms with Crippen LogP contribution in [0.25, 0.3) is 0 Å². The van der Waals surface area contributed by atoms with Crippen LogP contribution in [-0.2, 0) is 0 Å². The maximum absolute atomic E-state index is 9.39. The lowest BCUT2D eigenvalue weighted by Crippen LogP contribution is -2.24. The van der Waals surface area contributed by atoms with Crippen LogP contribution in [0, 0.1) is 3.57 Å². The highest BCUT2D eigenvalue weighted by atomic mass is 127. The minimum atomic E-state index is -0.119. The Bertz CT molecular complexity index is 359. The summed E-state index contributed by atoms with van der Waals surface area (Å²) in [6, 6.07) is 8.09. The third kappa shape index (κ3) is 4.44. The summed E-state index contributed by atoms with van der Waals surface area (Å²) in [5, 5.41) is 9.39. The number of aliphatic hydroxyl groups excluding tert-OH is 1. The molecule has 1 aliphatic heterocycles. The SMILES string of the molecule is O[C@@H]1CCN(CCCOc2cccc(I)c2)C1. The van der Waals surface area contributed by atoms with E-state index in [1.807, 2.05) is 18.2 Å². The Hall–Kier alpha value is -0.330. The van der Waals surface area contributed by atoms with Gasteiger partial charge in [0, 0.05) is 23.2 Å².